The molecule has 1 aromatic carbocycles. The Kier molecular flexibility index (Phi) is 3.72. The second-order valence-corrected chi connectivity index (χ2v) is 4.24. The summed E-state index contributed by atoms with van der Waals surface area (Å²) in [5.41, 5.74) is 2.97. The largest absolute Gasteiger partial charge is 0.465 e. The molecule has 1 heterocycles. The molecule has 2 aromatic rings. The van der Waals surface area contributed by atoms with Crippen LogP contribution in [-0.4, -0.2) is 13.1 Å². The first kappa shape index (κ1) is 12.3. The molecule has 0 bridgehead atoms. The maximum absolute atomic E-state index is 11.3. The second-order valence-electron chi connectivity index (χ2n) is 4.24. The Bertz CT molecular complexity index is 529. The first-order chi connectivity index (χ1) is 8.69. The standard InChI is InChI=1S/C15H16NO2/c1-12-7-9-16(10-8-12)11-13-3-5-14(6-4-13)15(17)18-2/h3-10H,11H2,1-2H3/q+1. The minimum absolute atomic E-state index is 0.301. The molecule has 1 aromatic heterocycles. The maximum atomic E-state index is 11.3. The number of hydrogen-bond donors (Lipinski definition) is 0. The summed E-state index contributed by atoms with van der Waals surface area (Å²) in [7, 11) is 1.39. The molecule has 0 saturated heterocycles. The lowest BCUT2D eigenvalue weighted by Gasteiger charge is -2.01. The minimum Gasteiger partial charge on any atom is -0.465 e. The van der Waals surface area contributed by atoms with Crippen LogP contribution in [0.4, 0.5) is 0 Å². The summed E-state index contributed by atoms with van der Waals surface area (Å²) < 4.78 is 6.76. The molecule has 0 fully saturated rings. The van der Waals surface area contributed by atoms with Crippen LogP contribution in [0.5, 0.6) is 0 Å². The lowest BCUT2D eigenvalue weighted by molar-refractivity contribution is -0.688. The van der Waals surface area contributed by atoms with Gasteiger partial charge in [0.1, 0.15) is 0 Å². The fourth-order valence-corrected chi connectivity index (χ4v) is 1.71. The van der Waals surface area contributed by atoms with E-state index in [-0.39, 0.29) is 5.97 Å². The van der Waals surface area contributed by atoms with Crippen LogP contribution >= 0.6 is 0 Å². The summed E-state index contributed by atoms with van der Waals surface area (Å²) in [5, 5.41) is 0. The summed E-state index contributed by atoms with van der Waals surface area (Å²) in [5.74, 6) is -0.301. The van der Waals surface area contributed by atoms with Gasteiger partial charge < -0.3 is 4.74 Å². The summed E-state index contributed by atoms with van der Waals surface area (Å²) in [4.78, 5) is 11.3. The number of methoxy groups -OCH3 is 1. The molecule has 3 heteroatoms. The van der Waals surface area contributed by atoms with E-state index >= 15 is 0 Å². The molecule has 3 nitrogen and oxygen atoms in total. The van der Waals surface area contributed by atoms with Crippen LogP contribution < -0.4 is 4.57 Å². The minimum atomic E-state index is -0.301. The van der Waals surface area contributed by atoms with Gasteiger partial charge in [-0.2, -0.15) is 0 Å². The van der Waals surface area contributed by atoms with Gasteiger partial charge in [0, 0.05) is 17.7 Å². The quantitative estimate of drug-likeness (QED) is 0.609. The van der Waals surface area contributed by atoms with E-state index in [4.69, 9.17) is 0 Å². The predicted octanol–water partition coefficient (Wildman–Crippen LogP) is 2.12. The third-order valence-electron chi connectivity index (χ3n) is 2.80. The normalized spacial score (nSPS) is 10.1. The molecule has 0 unspecified atom stereocenters. The lowest BCUT2D eigenvalue weighted by atomic mass is 10.1. The van der Waals surface area contributed by atoms with E-state index in [1.165, 1.54) is 12.7 Å². The molecule has 0 amide bonds. The molecule has 0 aliphatic carbocycles. The number of hydrogen-bond acceptors (Lipinski definition) is 2. The van der Waals surface area contributed by atoms with E-state index in [2.05, 4.69) is 28.4 Å². The zero-order valence-electron chi connectivity index (χ0n) is 10.6. The number of carbonyl (C=O) groups is 1. The monoisotopic (exact) mass is 242 g/mol. The van der Waals surface area contributed by atoms with Gasteiger partial charge in [0.05, 0.1) is 12.7 Å². The van der Waals surface area contributed by atoms with Gasteiger partial charge in [-0.05, 0) is 24.6 Å². The molecular weight excluding hydrogens is 226 g/mol. The van der Waals surface area contributed by atoms with Gasteiger partial charge in [-0.15, -0.1) is 0 Å². The molecule has 18 heavy (non-hydrogen) atoms. The fourth-order valence-electron chi connectivity index (χ4n) is 1.71. The van der Waals surface area contributed by atoms with Crippen LogP contribution in [0.25, 0.3) is 0 Å². The van der Waals surface area contributed by atoms with E-state index in [1.807, 2.05) is 24.5 Å². The predicted molar refractivity (Wildman–Crippen MR) is 68.3 cm³/mol. The molecule has 0 saturated carbocycles. The Morgan fingerprint density at radius 3 is 2.28 bits per heavy atom. The number of benzene rings is 1. The van der Waals surface area contributed by atoms with Crippen molar-refractivity contribution in [2.24, 2.45) is 0 Å². The average Bonchev–Trinajstić information content (AvgIpc) is 2.41. The Morgan fingerprint density at radius 1 is 1.11 bits per heavy atom. The number of pyridine rings is 1. The van der Waals surface area contributed by atoms with Gasteiger partial charge in [-0.25, -0.2) is 9.36 Å². The van der Waals surface area contributed by atoms with Gasteiger partial charge in [0.2, 0.25) is 0 Å². The third kappa shape index (κ3) is 2.94. The van der Waals surface area contributed by atoms with Crippen LogP contribution in [0.15, 0.2) is 48.8 Å². The third-order valence-corrected chi connectivity index (χ3v) is 2.80. The van der Waals surface area contributed by atoms with Gasteiger partial charge in [0.25, 0.3) is 0 Å². The number of aryl methyl sites for hydroxylation is 1. The summed E-state index contributed by atoms with van der Waals surface area (Å²) >= 11 is 0. The summed E-state index contributed by atoms with van der Waals surface area (Å²) in [6.45, 7) is 2.86. The Morgan fingerprint density at radius 2 is 1.72 bits per heavy atom. The van der Waals surface area contributed by atoms with Gasteiger partial charge in [0.15, 0.2) is 18.9 Å². The van der Waals surface area contributed by atoms with Crippen molar-refractivity contribution in [3.8, 4) is 0 Å². The lowest BCUT2D eigenvalue weighted by Crippen LogP contribution is -2.33. The van der Waals surface area contributed by atoms with Crippen molar-refractivity contribution in [2.45, 2.75) is 13.5 Å². The smallest absolute Gasteiger partial charge is 0.337 e. The van der Waals surface area contributed by atoms with Crippen LogP contribution in [0.3, 0.4) is 0 Å². The van der Waals surface area contributed by atoms with E-state index < -0.39 is 0 Å². The van der Waals surface area contributed by atoms with E-state index in [0.29, 0.717) is 5.56 Å². The number of nitrogens with zero attached hydrogens (tertiary/aromatic N) is 1. The zero-order valence-corrected chi connectivity index (χ0v) is 10.6. The van der Waals surface area contributed by atoms with Crippen molar-refractivity contribution in [3.05, 3.63) is 65.5 Å². The first-order valence-corrected chi connectivity index (χ1v) is 5.82. The van der Waals surface area contributed by atoms with Crippen molar-refractivity contribution < 1.29 is 14.1 Å². The number of esters is 1. The number of carbonyl (C=O) groups excluding carboxylic acids is 1. The molecule has 0 aliphatic heterocycles. The van der Waals surface area contributed by atoms with Crippen molar-refractivity contribution in [3.63, 3.8) is 0 Å². The van der Waals surface area contributed by atoms with Crippen LogP contribution in [0.1, 0.15) is 21.5 Å². The van der Waals surface area contributed by atoms with Gasteiger partial charge in [-0.1, -0.05) is 12.1 Å². The van der Waals surface area contributed by atoms with E-state index in [9.17, 15) is 4.79 Å². The highest BCUT2D eigenvalue weighted by Crippen LogP contribution is 2.05. The molecule has 0 aliphatic rings. The second kappa shape index (κ2) is 5.45. The van der Waals surface area contributed by atoms with Crippen molar-refractivity contribution >= 4 is 5.97 Å². The molecule has 0 spiro atoms. The molecule has 0 atom stereocenters. The van der Waals surface area contributed by atoms with Crippen molar-refractivity contribution in [2.75, 3.05) is 7.11 Å². The SMILES string of the molecule is COC(=O)c1ccc(C[n+]2ccc(C)cc2)cc1. The Hall–Kier alpha value is -2.16. The van der Waals surface area contributed by atoms with Crippen LogP contribution in [0.2, 0.25) is 0 Å². The van der Waals surface area contributed by atoms with E-state index in [0.717, 1.165) is 12.1 Å². The fraction of sp³-hybridized carbons (Fsp3) is 0.200. The number of rotatable bonds is 3. The highest BCUT2D eigenvalue weighted by Gasteiger charge is 2.06. The van der Waals surface area contributed by atoms with Crippen LogP contribution in [-0.2, 0) is 11.3 Å². The average molecular weight is 242 g/mol. The Labute approximate surface area is 107 Å². The van der Waals surface area contributed by atoms with E-state index in [1.54, 1.807) is 12.1 Å². The highest BCUT2D eigenvalue weighted by molar-refractivity contribution is 5.89. The number of aromatic nitrogens is 1. The molecule has 0 radical (unpaired) electrons. The van der Waals surface area contributed by atoms with Crippen molar-refractivity contribution in [1.29, 1.82) is 0 Å². The van der Waals surface area contributed by atoms with Gasteiger partial charge >= 0.3 is 5.97 Å². The summed E-state index contributed by atoms with van der Waals surface area (Å²) in [6.07, 6.45) is 4.09. The maximum Gasteiger partial charge on any atom is 0.337 e. The van der Waals surface area contributed by atoms with Crippen LogP contribution in [0, 0.1) is 6.92 Å². The molecule has 2 rings (SSSR count). The molecule has 0 N–H and O–H groups in total. The highest BCUT2D eigenvalue weighted by atomic mass is 16.5. The van der Waals surface area contributed by atoms with Gasteiger partial charge in [-0.3, -0.25) is 0 Å². The topological polar surface area (TPSA) is 30.2 Å². The number of ether oxygens (including phenoxy) is 1. The molecule has 92 valence electrons. The first-order valence-electron chi connectivity index (χ1n) is 5.82. The Balaban J connectivity index is 2.10. The molecular formula is C15H16NO2+. The summed E-state index contributed by atoms with van der Waals surface area (Å²) in [6, 6.07) is 11.6. The van der Waals surface area contributed by atoms with Crippen molar-refractivity contribution in [1.82, 2.24) is 0 Å². The zero-order chi connectivity index (χ0) is 13.0.